The van der Waals surface area contributed by atoms with Gasteiger partial charge in [0.15, 0.2) is 0 Å². The molecule has 0 aliphatic rings. The van der Waals surface area contributed by atoms with Gasteiger partial charge in [0.25, 0.3) is 0 Å². The van der Waals surface area contributed by atoms with Crippen LogP contribution < -0.4 is 5.11 Å². The Balaban J connectivity index is 3.25. The first-order valence-electron chi connectivity index (χ1n) is 7.94. The van der Waals surface area contributed by atoms with E-state index in [0.29, 0.717) is 0 Å². The van der Waals surface area contributed by atoms with Crippen LogP contribution in [-0.4, -0.2) is 5.97 Å². The smallest absolute Gasteiger partial charge is 0.0414 e. The highest BCUT2D eigenvalue weighted by Crippen LogP contribution is 2.07. The highest BCUT2D eigenvalue weighted by molar-refractivity contribution is 5.63. The summed E-state index contributed by atoms with van der Waals surface area (Å²) in [5.41, 5.74) is 0. The van der Waals surface area contributed by atoms with Gasteiger partial charge in [0.1, 0.15) is 0 Å². The summed E-state index contributed by atoms with van der Waals surface area (Å²) in [6.45, 7) is 2.15. The van der Waals surface area contributed by atoms with Crippen LogP contribution in [0.2, 0.25) is 0 Å². The van der Waals surface area contributed by atoms with Crippen LogP contribution in [0.25, 0.3) is 0 Å². The number of carbonyl (C=O) groups is 1. The number of hydrogen-bond donors (Lipinski definition) is 0. The molecule has 0 saturated carbocycles. The monoisotopic (exact) mass is 277 g/mol. The molecule has 2 nitrogen and oxygen atoms in total. The van der Waals surface area contributed by atoms with Crippen LogP contribution in [0, 0.1) is 0 Å². The van der Waals surface area contributed by atoms with Crippen molar-refractivity contribution in [3.63, 3.8) is 0 Å². The Hall–Kier alpha value is -1.31. The quantitative estimate of drug-likeness (QED) is 0.286. The van der Waals surface area contributed by atoms with Crippen molar-refractivity contribution in [1.29, 1.82) is 0 Å². The number of unbranched alkanes of at least 4 members (excludes halogenated alkanes) is 6. The lowest BCUT2D eigenvalue weighted by atomic mass is 10.1. The van der Waals surface area contributed by atoms with Crippen molar-refractivity contribution in [2.75, 3.05) is 0 Å². The molecule has 0 spiro atoms. The highest BCUT2D eigenvalue weighted by Gasteiger charge is 1.90. The number of aliphatic carboxylic acids is 1. The number of carboxylic acids is 1. The van der Waals surface area contributed by atoms with Crippen LogP contribution in [0.5, 0.6) is 0 Å². The van der Waals surface area contributed by atoms with Gasteiger partial charge < -0.3 is 9.90 Å². The summed E-state index contributed by atoms with van der Waals surface area (Å²) in [5, 5.41) is 10.2. The summed E-state index contributed by atoms with van der Waals surface area (Å²) in [6, 6.07) is 0. The summed E-state index contributed by atoms with van der Waals surface area (Å²) in [4.78, 5) is 10.2. The van der Waals surface area contributed by atoms with E-state index in [-0.39, 0.29) is 6.42 Å². The summed E-state index contributed by atoms with van der Waals surface area (Å²) in [5.74, 6) is -0.926. The summed E-state index contributed by atoms with van der Waals surface area (Å²) in [6.07, 6.45) is 23.0. The van der Waals surface area contributed by atoms with Crippen molar-refractivity contribution in [3.05, 3.63) is 36.5 Å². The molecule has 0 aromatic rings. The maximum absolute atomic E-state index is 10.2. The van der Waals surface area contributed by atoms with Crippen LogP contribution in [0.15, 0.2) is 36.5 Å². The molecule has 0 heterocycles. The number of allylic oxidation sites excluding steroid dienone is 6. The topological polar surface area (TPSA) is 40.1 Å². The first kappa shape index (κ1) is 18.7. The minimum atomic E-state index is -0.926. The lowest BCUT2D eigenvalue weighted by Crippen LogP contribution is -2.21. The molecule has 0 amide bonds. The fourth-order valence-electron chi connectivity index (χ4n) is 1.89. The van der Waals surface area contributed by atoms with Crippen LogP contribution in [0.4, 0.5) is 0 Å². The minimum absolute atomic E-state index is 0.206. The number of hydrogen-bond acceptors (Lipinski definition) is 2. The summed E-state index contributed by atoms with van der Waals surface area (Å²) >= 11 is 0. The van der Waals surface area contributed by atoms with Crippen molar-refractivity contribution in [3.8, 4) is 0 Å². The Bertz CT molecular complexity index is 301. The molecule has 0 aromatic carbocycles. The Morgan fingerprint density at radius 2 is 1.40 bits per heavy atom. The van der Waals surface area contributed by atoms with E-state index < -0.39 is 5.97 Å². The van der Waals surface area contributed by atoms with E-state index in [0.717, 1.165) is 44.9 Å². The van der Waals surface area contributed by atoms with Gasteiger partial charge in [-0.2, -0.15) is 0 Å². The molecule has 2 heteroatoms. The molecule has 0 fully saturated rings. The van der Waals surface area contributed by atoms with Crippen LogP contribution in [0.1, 0.15) is 71.1 Å². The zero-order chi connectivity index (χ0) is 14.9. The zero-order valence-corrected chi connectivity index (χ0v) is 12.9. The Kier molecular flexibility index (Phi) is 14.7. The van der Waals surface area contributed by atoms with E-state index in [1.165, 1.54) is 12.8 Å². The minimum Gasteiger partial charge on any atom is -0.550 e. The van der Waals surface area contributed by atoms with E-state index >= 15 is 0 Å². The van der Waals surface area contributed by atoms with Gasteiger partial charge in [0.2, 0.25) is 0 Å². The third-order valence-corrected chi connectivity index (χ3v) is 3.04. The van der Waals surface area contributed by atoms with Crippen LogP contribution in [-0.2, 0) is 4.79 Å². The van der Waals surface area contributed by atoms with Crippen molar-refractivity contribution in [2.45, 2.75) is 71.1 Å². The predicted molar refractivity (Wildman–Crippen MR) is 84.3 cm³/mol. The third kappa shape index (κ3) is 16.7. The molecule has 0 aliphatic carbocycles. The SMILES string of the molecule is CC/C=C/CC/C=C/C=C/CCCCCCCC(=O)[O-]. The Morgan fingerprint density at radius 3 is 2.10 bits per heavy atom. The van der Waals surface area contributed by atoms with Gasteiger partial charge in [-0.1, -0.05) is 62.6 Å². The van der Waals surface area contributed by atoms with Crippen LogP contribution in [0.3, 0.4) is 0 Å². The molecule has 0 rings (SSSR count). The molecule has 114 valence electrons. The molecule has 20 heavy (non-hydrogen) atoms. The lowest BCUT2D eigenvalue weighted by Gasteiger charge is -2.01. The van der Waals surface area contributed by atoms with Gasteiger partial charge >= 0.3 is 0 Å². The van der Waals surface area contributed by atoms with Gasteiger partial charge in [0.05, 0.1) is 0 Å². The average molecular weight is 277 g/mol. The lowest BCUT2D eigenvalue weighted by molar-refractivity contribution is -0.305. The van der Waals surface area contributed by atoms with Crippen molar-refractivity contribution >= 4 is 5.97 Å². The molecule has 0 atom stereocenters. The largest absolute Gasteiger partial charge is 0.550 e. The summed E-state index contributed by atoms with van der Waals surface area (Å²) < 4.78 is 0. The molecule has 0 N–H and O–H groups in total. The van der Waals surface area contributed by atoms with Gasteiger partial charge in [0, 0.05) is 5.97 Å². The highest BCUT2D eigenvalue weighted by atomic mass is 16.4. The maximum atomic E-state index is 10.2. The molecule has 0 unspecified atom stereocenters. The van der Waals surface area contributed by atoms with Crippen molar-refractivity contribution < 1.29 is 9.90 Å². The van der Waals surface area contributed by atoms with Gasteiger partial charge in [-0.15, -0.1) is 0 Å². The Labute approximate surface area is 124 Å². The predicted octanol–water partition coefficient (Wildman–Crippen LogP) is 4.33. The fraction of sp³-hybridized carbons (Fsp3) is 0.611. The molecule has 0 bridgehead atoms. The normalized spacial score (nSPS) is 12.1. The average Bonchev–Trinajstić information content (AvgIpc) is 2.43. The zero-order valence-electron chi connectivity index (χ0n) is 12.9. The van der Waals surface area contributed by atoms with Crippen LogP contribution >= 0.6 is 0 Å². The molecule has 0 radical (unpaired) electrons. The van der Waals surface area contributed by atoms with Crippen molar-refractivity contribution in [1.82, 2.24) is 0 Å². The molecule has 0 saturated heterocycles. The van der Waals surface area contributed by atoms with E-state index in [1.54, 1.807) is 0 Å². The first-order chi connectivity index (χ1) is 9.77. The second-order valence-electron chi connectivity index (χ2n) is 4.99. The standard InChI is InChI=1S/C18H30O2/c1-2-3-4-5-6-7-8-9-10-11-12-13-14-15-16-17-18(19)20/h3-4,7-10H,2,5-6,11-17H2,1H3,(H,19,20)/p-1/b4-3+,8-7+,10-9+. The molecule has 0 aromatic heterocycles. The van der Waals surface area contributed by atoms with E-state index in [2.05, 4.69) is 43.4 Å². The molecular weight excluding hydrogens is 248 g/mol. The van der Waals surface area contributed by atoms with Gasteiger partial charge in [-0.3, -0.25) is 0 Å². The van der Waals surface area contributed by atoms with E-state index in [4.69, 9.17) is 0 Å². The Morgan fingerprint density at radius 1 is 0.800 bits per heavy atom. The number of carboxylic acid groups (broad SMARTS) is 1. The summed E-state index contributed by atoms with van der Waals surface area (Å²) in [7, 11) is 0. The van der Waals surface area contributed by atoms with Gasteiger partial charge in [-0.05, 0) is 44.9 Å². The third-order valence-electron chi connectivity index (χ3n) is 3.04. The molecular formula is C18H29O2-. The maximum Gasteiger partial charge on any atom is 0.0414 e. The number of carbonyl (C=O) groups excluding carboxylic acids is 1. The fourth-order valence-corrected chi connectivity index (χ4v) is 1.89. The molecule has 0 aliphatic heterocycles. The van der Waals surface area contributed by atoms with E-state index in [1.807, 2.05) is 0 Å². The van der Waals surface area contributed by atoms with E-state index in [9.17, 15) is 9.90 Å². The number of rotatable bonds is 13. The van der Waals surface area contributed by atoms with Crippen molar-refractivity contribution in [2.24, 2.45) is 0 Å². The second-order valence-corrected chi connectivity index (χ2v) is 4.99. The van der Waals surface area contributed by atoms with Gasteiger partial charge in [-0.25, -0.2) is 0 Å². The second kappa shape index (κ2) is 15.7. The first-order valence-corrected chi connectivity index (χ1v) is 7.94.